The SMILES string of the molecule is COc1ccc(-c2noc(CN)n2)cc1.Cl. The lowest BCUT2D eigenvalue weighted by Gasteiger charge is -1.98. The van der Waals surface area contributed by atoms with E-state index < -0.39 is 0 Å². The predicted octanol–water partition coefficient (Wildman–Crippen LogP) is 1.63. The molecule has 0 atom stereocenters. The van der Waals surface area contributed by atoms with Crippen LogP contribution in [0.5, 0.6) is 5.75 Å². The van der Waals surface area contributed by atoms with Gasteiger partial charge in [-0.1, -0.05) is 5.16 Å². The molecule has 1 aromatic carbocycles. The Balaban J connectivity index is 0.00000128. The summed E-state index contributed by atoms with van der Waals surface area (Å²) >= 11 is 0. The summed E-state index contributed by atoms with van der Waals surface area (Å²) in [6, 6.07) is 7.41. The molecule has 16 heavy (non-hydrogen) atoms. The fourth-order valence-electron chi connectivity index (χ4n) is 1.20. The standard InChI is InChI=1S/C10H11N3O2.ClH/c1-14-8-4-2-7(3-5-8)10-12-9(6-11)15-13-10;/h2-5H,6,11H2,1H3;1H. The van der Waals surface area contributed by atoms with E-state index in [9.17, 15) is 0 Å². The monoisotopic (exact) mass is 241 g/mol. The Bertz CT molecular complexity index is 442. The van der Waals surface area contributed by atoms with Crippen molar-refractivity contribution in [1.82, 2.24) is 10.1 Å². The van der Waals surface area contributed by atoms with E-state index in [-0.39, 0.29) is 19.0 Å². The predicted molar refractivity (Wildman–Crippen MR) is 61.4 cm³/mol. The van der Waals surface area contributed by atoms with Gasteiger partial charge in [0.2, 0.25) is 11.7 Å². The molecule has 1 aromatic heterocycles. The molecule has 0 aliphatic heterocycles. The second kappa shape index (κ2) is 5.48. The molecule has 2 N–H and O–H groups in total. The highest BCUT2D eigenvalue weighted by Gasteiger charge is 2.06. The average Bonchev–Trinajstić information content (AvgIpc) is 2.78. The molecule has 0 unspecified atom stereocenters. The van der Waals surface area contributed by atoms with E-state index in [0.717, 1.165) is 11.3 Å². The maximum atomic E-state index is 5.37. The molecule has 0 amide bonds. The molecule has 0 fully saturated rings. The van der Waals surface area contributed by atoms with Crippen LogP contribution in [-0.2, 0) is 6.54 Å². The summed E-state index contributed by atoms with van der Waals surface area (Å²) in [5, 5.41) is 3.81. The van der Waals surface area contributed by atoms with Crippen molar-refractivity contribution < 1.29 is 9.26 Å². The molecule has 0 bridgehead atoms. The lowest BCUT2D eigenvalue weighted by molar-refractivity contribution is 0.380. The van der Waals surface area contributed by atoms with E-state index in [1.807, 2.05) is 24.3 Å². The average molecular weight is 242 g/mol. The van der Waals surface area contributed by atoms with Crippen molar-refractivity contribution in [3.8, 4) is 17.1 Å². The van der Waals surface area contributed by atoms with Crippen molar-refractivity contribution in [1.29, 1.82) is 0 Å². The number of aromatic nitrogens is 2. The number of benzene rings is 1. The third kappa shape index (κ3) is 2.50. The number of ether oxygens (including phenoxy) is 1. The summed E-state index contributed by atoms with van der Waals surface area (Å²) < 4.78 is 9.95. The van der Waals surface area contributed by atoms with E-state index in [0.29, 0.717) is 11.7 Å². The zero-order valence-electron chi connectivity index (χ0n) is 8.71. The van der Waals surface area contributed by atoms with Gasteiger partial charge in [0.25, 0.3) is 0 Å². The molecule has 0 spiro atoms. The number of hydrogen-bond donors (Lipinski definition) is 1. The molecule has 0 aliphatic carbocycles. The Morgan fingerprint density at radius 3 is 2.50 bits per heavy atom. The van der Waals surface area contributed by atoms with Gasteiger partial charge in [-0.2, -0.15) is 4.98 Å². The second-order valence-electron chi connectivity index (χ2n) is 2.94. The van der Waals surface area contributed by atoms with Crippen molar-refractivity contribution in [2.24, 2.45) is 5.73 Å². The van der Waals surface area contributed by atoms with Gasteiger partial charge in [-0.05, 0) is 24.3 Å². The summed E-state index contributed by atoms with van der Waals surface area (Å²) in [5.41, 5.74) is 6.24. The molecule has 5 nitrogen and oxygen atoms in total. The third-order valence-corrected chi connectivity index (χ3v) is 1.99. The van der Waals surface area contributed by atoms with Crippen LogP contribution in [0, 0.1) is 0 Å². The van der Waals surface area contributed by atoms with Crippen molar-refractivity contribution in [2.45, 2.75) is 6.54 Å². The molecule has 2 aromatic rings. The molecule has 86 valence electrons. The van der Waals surface area contributed by atoms with E-state index in [4.69, 9.17) is 15.0 Å². The van der Waals surface area contributed by atoms with Gasteiger partial charge in [-0.3, -0.25) is 0 Å². The van der Waals surface area contributed by atoms with Gasteiger partial charge in [0.05, 0.1) is 13.7 Å². The Labute approximate surface area is 99.0 Å². The smallest absolute Gasteiger partial charge is 0.240 e. The molecule has 0 saturated carbocycles. The van der Waals surface area contributed by atoms with Gasteiger partial charge in [-0.25, -0.2) is 0 Å². The Hall–Kier alpha value is -1.59. The molecule has 0 saturated heterocycles. The van der Waals surface area contributed by atoms with Crippen LogP contribution in [0.2, 0.25) is 0 Å². The normalized spacial score (nSPS) is 9.62. The quantitative estimate of drug-likeness (QED) is 0.884. The van der Waals surface area contributed by atoms with Gasteiger partial charge in [0.1, 0.15) is 5.75 Å². The fourth-order valence-corrected chi connectivity index (χ4v) is 1.20. The minimum Gasteiger partial charge on any atom is -0.497 e. The molecule has 1 heterocycles. The number of methoxy groups -OCH3 is 1. The van der Waals surface area contributed by atoms with Crippen LogP contribution >= 0.6 is 12.4 Å². The number of hydrogen-bond acceptors (Lipinski definition) is 5. The van der Waals surface area contributed by atoms with Gasteiger partial charge >= 0.3 is 0 Å². The van der Waals surface area contributed by atoms with Crippen molar-refractivity contribution in [3.63, 3.8) is 0 Å². The summed E-state index contributed by atoms with van der Waals surface area (Å²) in [6.07, 6.45) is 0. The van der Waals surface area contributed by atoms with Gasteiger partial charge in [-0.15, -0.1) is 12.4 Å². The first-order valence-electron chi connectivity index (χ1n) is 4.50. The van der Waals surface area contributed by atoms with E-state index in [1.165, 1.54) is 0 Å². The first kappa shape index (κ1) is 12.5. The van der Waals surface area contributed by atoms with Gasteiger partial charge < -0.3 is 15.0 Å². The highest BCUT2D eigenvalue weighted by Crippen LogP contribution is 2.19. The van der Waals surface area contributed by atoms with Crippen LogP contribution < -0.4 is 10.5 Å². The summed E-state index contributed by atoms with van der Waals surface area (Å²) in [6.45, 7) is 0.253. The molecule has 0 aliphatic rings. The Morgan fingerprint density at radius 1 is 1.31 bits per heavy atom. The third-order valence-electron chi connectivity index (χ3n) is 1.99. The lowest BCUT2D eigenvalue weighted by atomic mass is 10.2. The van der Waals surface area contributed by atoms with Crippen molar-refractivity contribution >= 4 is 12.4 Å². The van der Waals surface area contributed by atoms with Crippen LogP contribution in [0.4, 0.5) is 0 Å². The molecule has 6 heteroatoms. The lowest BCUT2D eigenvalue weighted by Crippen LogP contribution is -1.95. The fraction of sp³-hybridized carbons (Fsp3) is 0.200. The van der Waals surface area contributed by atoms with E-state index in [2.05, 4.69) is 10.1 Å². The Kier molecular flexibility index (Phi) is 4.28. The number of rotatable bonds is 3. The number of halogens is 1. The first-order valence-corrected chi connectivity index (χ1v) is 4.50. The summed E-state index contributed by atoms with van der Waals surface area (Å²) in [4.78, 5) is 4.11. The minimum atomic E-state index is 0. The topological polar surface area (TPSA) is 74.2 Å². The van der Waals surface area contributed by atoms with Crippen LogP contribution in [0.15, 0.2) is 28.8 Å². The minimum absolute atomic E-state index is 0. The maximum absolute atomic E-state index is 5.37. The van der Waals surface area contributed by atoms with E-state index in [1.54, 1.807) is 7.11 Å². The highest BCUT2D eigenvalue weighted by molar-refractivity contribution is 5.85. The van der Waals surface area contributed by atoms with Crippen molar-refractivity contribution in [3.05, 3.63) is 30.2 Å². The Morgan fingerprint density at radius 2 is 2.00 bits per heavy atom. The van der Waals surface area contributed by atoms with E-state index >= 15 is 0 Å². The molecule has 0 radical (unpaired) electrons. The first-order chi connectivity index (χ1) is 7.33. The van der Waals surface area contributed by atoms with Gasteiger partial charge in [0, 0.05) is 5.56 Å². The zero-order chi connectivity index (χ0) is 10.7. The van der Waals surface area contributed by atoms with Crippen LogP contribution in [-0.4, -0.2) is 17.3 Å². The van der Waals surface area contributed by atoms with Crippen molar-refractivity contribution in [2.75, 3.05) is 7.11 Å². The van der Waals surface area contributed by atoms with Crippen LogP contribution in [0.3, 0.4) is 0 Å². The summed E-state index contributed by atoms with van der Waals surface area (Å²) in [5.74, 6) is 1.76. The second-order valence-corrected chi connectivity index (χ2v) is 2.94. The largest absolute Gasteiger partial charge is 0.497 e. The number of nitrogens with zero attached hydrogens (tertiary/aromatic N) is 2. The highest BCUT2D eigenvalue weighted by atomic mass is 35.5. The molecular weight excluding hydrogens is 230 g/mol. The summed E-state index contributed by atoms with van der Waals surface area (Å²) in [7, 11) is 1.62. The molecular formula is C10H12ClN3O2. The van der Waals surface area contributed by atoms with Crippen LogP contribution in [0.1, 0.15) is 5.89 Å². The molecule has 2 rings (SSSR count). The van der Waals surface area contributed by atoms with Gasteiger partial charge in [0.15, 0.2) is 0 Å². The van der Waals surface area contributed by atoms with Crippen LogP contribution in [0.25, 0.3) is 11.4 Å². The number of nitrogens with two attached hydrogens (primary N) is 1. The maximum Gasteiger partial charge on any atom is 0.240 e. The zero-order valence-corrected chi connectivity index (χ0v) is 9.53.